The van der Waals surface area contributed by atoms with Gasteiger partial charge in [0, 0.05) is 28.4 Å². The third-order valence-electron chi connectivity index (χ3n) is 5.87. The van der Waals surface area contributed by atoms with Crippen LogP contribution in [-0.4, -0.2) is 38.8 Å². The normalized spacial score (nSPS) is 24.2. The fourth-order valence-electron chi connectivity index (χ4n) is 4.21. The molecule has 0 spiro atoms. The molecular weight excluding hydrogens is 424 g/mol. The number of carbonyl (C=O) groups excluding carboxylic acids is 1. The lowest BCUT2D eigenvalue weighted by molar-refractivity contribution is -0.699. The Morgan fingerprint density at radius 1 is 1.31 bits per heavy atom. The van der Waals surface area contributed by atoms with Crippen LogP contribution >= 0.6 is 11.9 Å². The number of amidine groups is 1. The summed E-state index contributed by atoms with van der Waals surface area (Å²) in [5.41, 5.74) is 7.85. The van der Waals surface area contributed by atoms with Gasteiger partial charge in [-0.15, -0.1) is 0 Å². The minimum Gasteiger partial charge on any atom is -0.327 e. The predicted octanol–water partition coefficient (Wildman–Crippen LogP) is 1.79. The van der Waals surface area contributed by atoms with E-state index in [2.05, 4.69) is 36.3 Å². The van der Waals surface area contributed by atoms with E-state index in [1.807, 2.05) is 49.7 Å². The van der Waals surface area contributed by atoms with E-state index < -0.39 is 0 Å². The van der Waals surface area contributed by atoms with Crippen molar-refractivity contribution in [2.24, 2.45) is 16.6 Å². The maximum Gasteiger partial charge on any atom is 0.233 e. The Bertz CT molecular complexity index is 1090. The van der Waals surface area contributed by atoms with Crippen molar-refractivity contribution in [3.05, 3.63) is 60.4 Å². The average Bonchev–Trinajstić information content (AvgIpc) is 3.51. The minimum absolute atomic E-state index is 0.0218. The Morgan fingerprint density at radius 2 is 2.16 bits per heavy atom. The highest BCUT2D eigenvalue weighted by Crippen LogP contribution is 2.28. The van der Waals surface area contributed by atoms with Gasteiger partial charge in [-0.25, -0.2) is 9.89 Å². The Kier molecular flexibility index (Phi) is 5.73. The number of H-pyrrole nitrogens is 1. The molecule has 1 saturated carbocycles. The smallest absolute Gasteiger partial charge is 0.233 e. The van der Waals surface area contributed by atoms with Crippen molar-refractivity contribution in [3.8, 4) is 0 Å². The first kappa shape index (κ1) is 20.8. The molecule has 10 heteroatoms. The molecule has 5 rings (SSSR count). The molecule has 3 unspecified atom stereocenters. The number of aromatic amines is 1. The van der Waals surface area contributed by atoms with E-state index in [0.29, 0.717) is 6.54 Å². The van der Waals surface area contributed by atoms with E-state index in [0.717, 1.165) is 57.9 Å². The maximum atomic E-state index is 12.5. The van der Waals surface area contributed by atoms with Crippen LogP contribution in [0, 0.1) is 12.8 Å². The molecule has 1 aliphatic carbocycles. The molecule has 0 bridgehead atoms. The summed E-state index contributed by atoms with van der Waals surface area (Å²) in [6.07, 6.45) is 8.74. The second-order valence-electron chi connectivity index (χ2n) is 8.29. The van der Waals surface area contributed by atoms with E-state index in [4.69, 9.17) is 5.73 Å². The number of aliphatic imine (C=N–C) groups is 1. The van der Waals surface area contributed by atoms with Crippen LogP contribution < -0.4 is 21.3 Å². The van der Waals surface area contributed by atoms with Crippen molar-refractivity contribution >= 4 is 35.2 Å². The lowest BCUT2D eigenvalue weighted by Crippen LogP contribution is -3.10. The highest BCUT2D eigenvalue weighted by molar-refractivity contribution is 7.97. The number of nitrogens with zero attached hydrogens (tertiary/aromatic N) is 3. The Morgan fingerprint density at radius 3 is 2.88 bits per heavy atom. The van der Waals surface area contributed by atoms with Gasteiger partial charge < -0.3 is 11.1 Å². The number of quaternary nitrogens is 1. The summed E-state index contributed by atoms with van der Waals surface area (Å²) in [5, 5.41) is 13.6. The number of anilines is 2. The number of aryl methyl sites for hydroxylation is 1. The number of fused-ring (bicyclic) bond motifs is 1. The molecule has 9 nitrogen and oxygen atoms in total. The fraction of sp³-hybridized carbons (Fsp3) is 0.318. The molecule has 1 amide bonds. The zero-order chi connectivity index (χ0) is 22.1. The van der Waals surface area contributed by atoms with Gasteiger partial charge in [-0.3, -0.25) is 19.5 Å². The summed E-state index contributed by atoms with van der Waals surface area (Å²) in [4.78, 5) is 19.1. The Balaban J connectivity index is 1.25. The number of aromatic nitrogens is 2. The van der Waals surface area contributed by atoms with E-state index >= 15 is 0 Å². The largest absolute Gasteiger partial charge is 0.327 e. The predicted molar refractivity (Wildman–Crippen MR) is 126 cm³/mol. The van der Waals surface area contributed by atoms with Gasteiger partial charge in [-0.05, 0) is 56.0 Å². The second-order valence-corrected chi connectivity index (χ2v) is 9.41. The zero-order valence-electron chi connectivity index (χ0n) is 17.8. The monoisotopic (exact) mass is 451 g/mol. The molecule has 3 atom stereocenters. The quantitative estimate of drug-likeness (QED) is 0.428. The Hall–Kier alpha value is -3.08. The summed E-state index contributed by atoms with van der Waals surface area (Å²) in [6.45, 7) is 2.68. The number of nitrogens with two attached hydrogens (primary N) is 1. The maximum absolute atomic E-state index is 12.5. The molecule has 32 heavy (non-hydrogen) atoms. The zero-order valence-corrected chi connectivity index (χ0v) is 18.7. The van der Waals surface area contributed by atoms with Crippen molar-refractivity contribution in [3.63, 3.8) is 0 Å². The minimum atomic E-state index is -0.0852. The summed E-state index contributed by atoms with van der Waals surface area (Å²) in [5.74, 6) is 2.69. The van der Waals surface area contributed by atoms with Crippen molar-refractivity contribution in [2.75, 3.05) is 17.2 Å². The van der Waals surface area contributed by atoms with Gasteiger partial charge in [0.05, 0.1) is 18.3 Å². The summed E-state index contributed by atoms with van der Waals surface area (Å²) < 4.78 is 2.14. The highest BCUT2D eigenvalue weighted by atomic mass is 32.2. The number of hydrogen-bond donors (Lipinski definition) is 5. The van der Waals surface area contributed by atoms with Crippen LogP contribution in [0.2, 0.25) is 0 Å². The van der Waals surface area contributed by atoms with Crippen LogP contribution in [0.15, 0.2) is 64.6 Å². The third-order valence-corrected chi connectivity index (χ3v) is 6.82. The molecule has 0 radical (unpaired) electrons. The summed E-state index contributed by atoms with van der Waals surface area (Å²) in [6, 6.07) is 9.84. The first-order chi connectivity index (χ1) is 15.5. The fourth-order valence-corrected chi connectivity index (χ4v) is 5.08. The van der Waals surface area contributed by atoms with Gasteiger partial charge in [-0.2, -0.15) is 5.10 Å². The summed E-state index contributed by atoms with van der Waals surface area (Å²) in [7, 11) is 0. The lowest BCUT2D eigenvalue weighted by Gasteiger charge is -2.27. The van der Waals surface area contributed by atoms with Crippen molar-refractivity contribution < 1.29 is 9.69 Å². The van der Waals surface area contributed by atoms with E-state index in [1.54, 1.807) is 11.9 Å². The molecule has 3 aliphatic rings. The van der Waals surface area contributed by atoms with Crippen molar-refractivity contribution in [1.29, 1.82) is 0 Å². The van der Waals surface area contributed by atoms with Crippen molar-refractivity contribution in [2.45, 2.75) is 37.1 Å². The van der Waals surface area contributed by atoms with Gasteiger partial charge in [0.1, 0.15) is 12.7 Å². The SMILES string of the molecule is Cc1cc(NC2=CN(Sc3ccc(NC(=O)C4CCCC4N)cc3)CC3=NC=C[NH+]23)n[nH]1. The number of benzene rings is 1. The van der Waals surface area contributed by atoms with E-state index in [-0.39, 0.29) is 17.9 Å². The third kappa shape index (κ3) is 4.43. The van der Waals surface area contributed by atoms with Crippen LogP contribution in [0.5, 0.6) is 0 Å². The average molecular weight is 452 g/mol. The number of rotatable bonds is 6. The summed E-state index contributed by atoms with van der Waals surface area (Å²) >= 11 is 1.62. The molecule has 0 saturated heterocycles. The van der Waals surface area contributed by atoms with Crippen molar-refractivity contribution in [1.82, 2.24) is 14.5 Å². The first-order valence-electron chi connectivity index (χ1n) is 10.8. The molecule has 166 valence electrons. The van der Waals surface area contributed by atoms with Gasteiger partial charge in [0.15, 0.2) is 5.82 Å². The van der Waals surface area contributed by atoms with Crippen LogP contribution in [0.4, 0.5) is 11.5 Å². The van der Waals surface area contributed by atoms with Crippen LogP contribution in [0.25, 0.3) is 0 Å². The number of amides is 1. The lowest BCUT2D eigenvalue weighted by atomic mass is 10.0. The van der Waals surface area contributed by atoms with Gasteiger partial charge in [0.2, 0.25) is 17.6 Å². The highest BCUT2D eigenvalue weighted by Gasteiger charge is 2.32. The van der Waals surface area contributed by atoms with Crippen LogP contribution in [0.3, 0.4) is 0 Å². The molecule has 6 N–H and O–H groups in total. The van der Waals surface area contributed by atoms with Crippen LogP contribution in [-0.2, 0) is 4.79 Å². The number of nitrogens with one attached hydrogen (secondary N) is 4. The molecule has 2 aromatic rings. The van der Waals surface area contributed by atoms with E-state index in [1.165, 1.54) is 0 Å². The standard InChI is InChI=1S/C22H26N8OS/c1-14-11-19(28-27-14)26-21-13-29(12-20-24-9-10-30(20)21)32-16-7-5-15(6-8-16)25-22(31)17-3-2-4-18(17)23/h5-11,13,17-18H,2-4,12,23H2,1H3,(H,25,31)(H2,26,27,28)/p+1. The Labute approximate surface area is 191 Å². The number of hydrogen-bond acceptors (Lipinski definition) is 7. The van der Waals surface area contributed by atoms with Gasteiger partial charge >= 0.3 is 0 Å². The first-order valence-corrected chi connectivity index (χ1v) is 11.6. The second kappa shape index (κ2) is 8.81. The number of carbonyl (C=O) groups is 1. The molecular formula is C22H27N8OS+. The molecule has 1 fully saturated rings. The molecule has 2 aliphatic heterocycles. The molecule has 3 heterocycles. The van der Waals surface area contributed by atoms with Gasteiger partial charge in [0.25, 0.3) is 0 Å². The molecule has 1 aromatic carbocycles. The van der Waals surface area contributed by atoms with Crippen LogP contribution in [0.1, 0.15) is 25.0 Å². The molecule has 1 aromatic heterocycles. The van der Waals surface area contributed by atoms with E-state index in [9.17, 15) is 4.79 Å². The van der Waals surface area contributed by atoms with Gasteiger partial charge in [-0.1, -0.05) is 6.42 Å². The topological polar surface area (TPSA) is 116 Å².